The zero-order valence-electron chi connectivity index (χ0n) is 11.0. The average molecular weight is 339 g/mol. The van der Waals surface area contributed by atoms with Crippen molar-refractivity contribution in [1.29, 1.82) is 0 Å². The highest BCUT2D eigenvalue weighted by Gasteiger charge is 2.11. The predicted octanol–water partition coefficient (Wildman–Crippen LogP) is 1.95. The van der Waals surface area contributed by atoms with E-state index in [9.17, 15) is 9.90 Å². The molecule has 6 nitrogen and oxygen atoms in total. The average Bonchev–Trinajstić information content (AvgIpc) is 2.92. The van der Waals surface area contributed by atoms with Crippen LogP contribution in [0.3, 0.4) is 0 Å². The van der Waals surface area contributed by atoms with E-state index >= 15 is 0 Å². The topological polar surface area (TPSA) is 80.0 Å². The van der Waals surface area contributed by atoms with Crippen molar-refractivity contribution in [2.45, 2.75) is 25.9 Å². The van der Waals surface area contributed by atoms with Gasteiger partial charge in [0, 0.05) is 18.2 Å². The number of phenols is 1. The van der Waals surface area contributed by atoms with Gasteiger partial charge in [-0.2, -0.15) is 5.10 Å². The summed E-state index contributed by atoms with van der Waals surface area (Å²) in [5, 5.41) is 16.4. The van der Waals surface area contributed by atoms with Gasteiger partial charge in [0.2, 0.25) is 0 Å². The van der Waals surface area contributed by atoms with Crippen LogP contribution in [0.2, 0.25) is 0 Å². The molecule has 106 valence electrons. The molecular weight excluding hydrogens is 324 g/mol. The van der Waals surface area contributed by atoms with Crippen molar-refractivity contribution in [2.75, 3.05) is 0 Å². The summed E-state index contributed by atoms with van der Waals surface area (Å²) in [5.41, 5.74) is 0.429. The molecule has 1 unspecified atom stereocenters. The van der Waals surface area contributed by atoms with Crippen LogP contribution in [-0.2, 0) is 6.54 Å². The number of carbonyl (C=O) groups excluding carboxylic acids is 1. The Hall–Kier alpha value is -1.89. The van der Waals surface area contributed by atoms with Gasteiger partial charge in [0.05, 0.1) is 4.47 Å². The van der Waals surface area contributed by atoms with Gasteiger partial charge in [-0.15, -0.1) is 0 Å². The lowest BCUT2D eigenvalue weighted by molar-refractivity contribution is 0.0937. The van der Waals surface area contributed by atoms with Crippen LogP contribution in [0.25, 0.3) is 0 Å². The molecule has 7 heteroatoms. The van der Waals surface area contributed by atoms with Gasteiger partial charge in [-0.1, -0.05) is 0 Å². The van der Waals surface area contributed by atoms with Crippen molar-refractivity contribution in [3.63, 3.8) is 0 Å². The molecule has 1 atom stereocenters. The van der Waals surface area contributed by atoms with E-state index in [0.29, 0.717) is 16.6 Å². The lowest BCUT2D eigenvalue weighted by atomic mass is 10.1. The number of phenolic OH excluding ortho intramolecular Hbond substituents is 1. The molecule has 2 rings (SSSR count). The van der Waals surface area contributed by atoms with Crippen LogP contribution in [0.15, 0.2) is 35.3 Å². The fourth-order valence-corrected chi connectivity index (χ4v) is 1.95. The quantitative estimate of drug-likeness (QED) is 0.873. The number of nitrogens with zero attached hydrogens (tertiary/aromatic N) is 3. The van der Waals surface area contributed by atoms with E-state index in [4.69, 9.17) is 0 Å². The Bertz CT molecular complexity index is 586. The lowest BCUT2D eigenvalue weighted by Crippen LogP contribution is -2.33. The third-order valence-corrected chi connectivity index (χ3v) is 3.51. The van der Waals surface area contributed by atoms with Gasteiger partial charge < -0.3 is 10.4 Å². The number of rotatable bonds is 5. The molecule has 0 radical (unpaired) electrons. The highest BCUT2D eigenvalue weighted by Crippen LogP contribution is 2.24. The molecule has 0 aliphatic carbocycles. The molecule has 0 fully saturated rings. The molecule has 0 spiro atoms. The van der Waals surface area contributed by atoms with Crippen molar-refractivity contribution in [2.24, 2.45) is 0 Å². The summed E-state index contributed by atoms with van der Waals surface area (Å²) in [6, 6.07) is 4.73. The standard InChI is InChI=1S/C13H15BrN4O2/c1-9(4-5-18-8-15-7-16-18)17-13(20)10-2-3-11(14)12(19)6-10/h2-3,6-9,19H,4-5H2,1H3,(H,17,20). The van der Waals surface area contributed by atoms with Gasteiger partial charge in [-0.3, -0.25) is 9.48 Å². The number of halogens is 1. The molecule has 1 heterocycles. The Morgan fingerprint density at radius 1 is 1.55 bits per heavy atom. The van der Waals surface area contributed by atoms with Gasteiger partial charge >= 0.3 is 0 Å². The highest BCUT2D eigenvalue weighted by atomic mass is 79.9. The Morgan fingerprint density at radius 3 is 3.00 bits per heavy atom. The summed E-state index contributed by atoms with van der Waals surface area (Å²) in [6.45, 7) is 2.61. The number of benzene rings is 1. The molecular formula is C13H15BrN4O2. The second-order valence-corrected chi connectivity index (χ2v) is 5.34. The smallest absolute Gasteiger partial charge is 0.251 e. The van der Waals surface area contributed by atoms with E-state index in [1.54, 1.807) is 23.1 Å². The maximum absolute atomic E-state index is 12.0. The van der Waals surface area contributed by atoms with Crippen molar-refractivity contribution in [3.8, 4) is 5.75 Å². The van der Waals surface area contributed by atoms with Crippen LogP contribution in [0.4, 0.5) is 0 Å². The molecule has 20 heavy (non-hydrogen) atoms. The minimum atomic E-state index is -0.209. The number of aromatic nitrogens is 3. The molecule has 0 saturated heterocycles. The summed E-state index contributed by atoms with van der Waals surface area (Å²) < 4.78 is 2.28. The van der Waals surface area contributed by atoms with Gasteiger partial charge in [0.25, 0.3) is 5.91 Å². The maximum atomic E-state index is 12.0. The van der Waals surface area contributed by atoms with Crippen LogP contribution >= 0.6 is 15.9 Å². The van der Waals surface area contributed by atoms with E-state index in [2.05, 4.69) is 31.3 Å². The largest absolute Gasteiger partial charge is 0.507 e. The van der Waals surface area contributed by atoms with Crippen LogP contribution < -0.4 is 5.32 Å². The monoisotopic (exact) mass is 338 g/mol. The summed E-state index contributed by atoms with van der Waals surface area (Å²) in [4.78, 5) is 15.9. The summed E-state index contributed by atoms with van der Waals surface area (Å²) in [6.07, 6.45) is 3.87. The van der Waals surface area contributed by atoms with Crippen molar-refractivity contribution in [3.05, 3.63) is 40.9 Å². The summed E-state index contributed by atoms with van der Waals surface area (Å²) in [7, 11) is 0. The van der Waals surface area contributed by atoms with E-state index < -0.39 is 0 Å². The molecule has 1 aromatic heterocycles. The van der Waals surface area contributed by atoms with E-state index in [1.807, 2.05) is 6.92 Å². The second-order valence-electron chi connectivity index (χ2n) is 4.49. The Labute approximate surface area is 125 Å². The van der Waals surface area contributed by atoms with Crippen molar-refractivity contribution >= 4 is 21.8 Å². The first-order valence-corrected chi connectivity index (χ1v) is 6.97. The number of carbonyl (C=O) groups is 1. The number of amides is 1. The van der Waals surface area contributed by atoms with Crippen molar-refractivity contribution in [1.82, 2.24) is 20.1 Å². The Balaban J connectivity index is 1.88. The zero-order valence-corrected chi connectivity index (χ0v) is 12.5. The minimum absolute atomic E-state index is 0.00232. The van der Waals surface area contributed by atoms with Crippen molar-refractivity contribution < 1.29 is 9.90 Å². The molecule has 2 aromatic rings. The van der Waals surface area contributed by atoms with Crippen LogP contribution in [0, 0.1) is 0 Å². The first-order chi connectivity index (χ1) is 9.56. The normalized spacial score (nSPS) is 12.1. The first-order valence-electron chi connectivity index (χ1n) is 6.18. The highest BCUT2D eigenvalue weighted by molar-refractivity contribution is 9.10. The third-order valence-electron chi connectivity index (χ3n) is 2.84. The molecule has 1 amide bonds. The third kappa shape index (κ3) is 3.80. The molecule has 2 N–H and O–H groups in total. The van der Waals surface area contributed by atoms with E-state index in [0.717, 1.165) is 6.42 Å². The summed E-state index contributed by atoms with van der Waals surface area (Å²) in [5.74, 6) is -0.160. The second kappa shape index (κ2) is 6.51. The van der Waals surface area contributed by atoms with E-state index in [1.165, 1.54) is 12.4 Å². The number of hydrogen-bond donors (Lipinski definition) is 2. The number of aryl methyl sites for hydroxylation is 1. The van der Waals surface area contributed by atoms with Gasteiger partial charge in [-0.05, 0) is 47.5 Å². The first kappa shape index (κ1) is 14.5. The Morgan fingerprint density at radius 2 is 2.35 bits per heavy atom. The van der Waals surface area contributed by atoms with E-state index in [-0.39, 0.29) is 17.7 Å². The predicted molar refractivity (Wildman–Crippen MR) is 77.4 cm³/mol. The maximum Gasteiger partial charge on any atom is 0.251 e. The molecule has 0 aliphatic rings. The fourth-order valence-electron chi connectivity index (χ4n) is 1.71. The summed E-state index contributed by atoms with van der Waals surface area (Å²) >= 11 is 3.18. The number of aromatic hydroxyl groups is 1. The van der Waals surface area contributed by atoms with Crippen LogP contribution in [0.5, 0.6) is 5.75 Å². The van der Waals surface area contributed by atoms with Crippen LogP contribution in [0.1, 0.15) is 23.7 Å². The molecule has 0 bridgehead atoms. The molecule has 1 aromatic carbocycles. The lowest BCUT2D eigenvalue weighted by Gasteiger charge is -2.14. The minimum Gasteiger partial charge on any atom is -0.507 e. The Kier molecular flexibility index (Phi) is 4.73. The van der Waals surface area contributed by atoms with Crippen LogP contribution in [-0.4, -0.2) is 31.8 Å². The number of nitrogens with one attached hydrogen (secondary N) is 1. The van der Waals surface area contributed by atoms with Gasteiger partial charge in [-0.25, -0.2) is 4.98 Å². The van der Waals surface area contributed by atoms with Gasteiger partial charge in [0.1, 0.15) is 18.4 Å². The fraction of sp³-hybridized carbons (Fsp3) is 0.308. The zero-order chi connectivity index (χ0) is 14.5. The SMILES string of the molecule is CC(CCn1cncn1)NC(=O)c1ccc(Br)c(O)c1. The molecule has 0 aliphatic heterocycles. The number of hydrogen-bond acceptors (Lipinski definition) is 4. The van der Waals surface area contributed by atoms with Gasteiger partial charge in [0.15, 0.2) is 0 Å². The molecule has 0 saturated carbocycles.